The van der Waals surface area contributed by atoms with Crippen molar-refractivity contribution in [2.24, 2.45) is 0 Å². The van der Waals surface area contributed by atoms with Gasteiger partial charge >= 0.3 is 0 Å². The number of halogens is 2. The minimum atomic E-state index is -0.657. The third-order valence-corrected chi connectivity index (χ3v) is 4.08. The molecule has 5 heteroatoms. The van der Waals surface area contributed by atoms with Crippen LogP contribution in [0.1, 0.15) is 33.3 Å². The highest BCUT2D eigenvalue weighted by Gasteiger charge is 2.34. The Balaban J connectivity index is 2.57. The van der Waals surface area contributed by atoms with E-state index in [2.05, 4.69) is 0 Å². The van der Waals surface area contributed by atoms with Gasteiger partial charge in [-0.15, -0.1) is 0 Å². The topological polar surface area (TPSA) is 27.7 Å². The lowest BCUT2D eigenvalue weighted by atomic mass is 10.0. The molecule has 1 aromatic rings. The fourth-order valence-electron chi connectivity index (χ4n) is 2.01. The molecule has 1 aromatic carbocycles. The molecule has 0 aromatic heterocycles. The van der Waals surface area contributed by atoms with Gasteiger partial charge in [0.05, 0.1) is 23.3 Å². The summed E-state index contributed by atoms with van der Waals surface area (Å²) in [5.74, 6) is 1.86. The molecule has 0 atom stereocenters. The average Bonchev–Trinajstić information content (AvgIpc) is 2.35. The highest BCUT2D eigenvalue weighted by atomic mass is 35.5. The zero-order valence-electron chi connectivity index (χ0n) is 12.2. The van der Waals surface area contributed by atoms with Gasteiger partial charge in [0, 0.05) is 11.6 Å². The number of fused-ring (bicyclic) bond motifs is 1. The van der Waals surface area contributed by atoms with Crippen molar-refractivity contribution >= 4 is 28.2 Å². The Morgan fingerprint density at radius 2 is 1.80 bits per heavy atom. The number of rotatable bonds is 3. The summed E-state index contributed by atoms with van der Waals surface area (Å²) < 4.78 is 17.0. The molecule has 0 spiro atoms. The van der Waals surface area contributed by atoms with Crippen LogP contribution >= 0.6 is 23.2 Å². The van der Waals surface area contributed by atoms with E-state index in [1.54, 1.807) is 19.2 Å². The fourth-order valence-corrected chi connectivity index (χ4v) is 2.52. The summed E-state index contributed by atoms with van der Waals surface area (Å²) in [6.45, 7) is 7.64. The summed E-state index contributed by atoms with van der Waals surface area (Å²) in [7, 11) is 1.59. The van der Waals surface area contributed by atoms with Gasteiger partial charge in [0.25, 0.3) is 0 Å². The predicted octanol–water partition coefficient (Wildman–Crippen LogP) is 4.80. The van der Waals surface area contributed by atoms with E-state index in [0.29, 0.717) is 32.9 Å². The normalized spacial score (nSPS) is 16.8. The summed E-state index contributed by atoms with van der Waals surface area (Å²) >= 11 is 12.6. The maximum Gasteiger partial charge on any atom is 0.165 e. The Kier molecular flexibility index (Phi) is 4.12. The monoisotopic (exact) mass is 316 g/mol. The first kappa shape index (κ1) is 15.3. The number of hydrogen-bond acceptors (Lipinski definition) is 3. The van der Waals surface area contributed by atoms with Gasteiger partial charge in [0.15, 0.2) is 11.5 Å². The van der Waals surface area contributed by atoms with Crippen molar-refractivity contribution in [2.75, 3.05) is 7.11 Å². The SMILES string of the molecule is COc1cc2c(cc1OC(C)C)OC(C)(C)C(Cl)=C2Cl. The van der Waals surface area contributed by atoms with Crippen LogP contribution in [0.15, 0.2) is 17.2 Å². The van der Waals surface area contributed by atoms with E-state index in [1.165, 1.54) is 0 Å². The maximum atomic E-state index is 6.34. The lowest BCUT2D eigenvalue weighted by molar-refractivity contribution is 0.151. The van der Waals surface area contributed by atoms with Gasteiger partial charge in [-0.25, -0.2) is 0 Å². The lowest BCUT2D eigenvalue weighted by Crippen LogP contribution is -2.32. The van der Waals surface area contributed by atoms with Crippen LogP contribution in [0.4, 0.5) is 0 Å². The molecule has 20 heavy (non-hydrogen) atoms. The molecule has 1 aliphatic rings. The van der Waals surface area contributed by atoms with Crippen LogP contribution in [0, 0.1) is 0 Å². The minimum absolute atomic E-state index is 0.0353. The molecular weight excluding hydrogens is 299 g/mol. The summed E-state index contributed by atoms with van der Waals surface area (Å²) in [6, 6.07) is 3.58. The minimum Gasteiger partial charge on any atom is -0.493 e. The molecule has 0 unspecified atom stereocenters. The van der Waals surface area contributed by atoms with E-state index in [9.17, 15) is 0 Å². The van der Waals surface area contributed by atoms with Gasteiger partial charge < -0.3 is 14.2 Å². The molecule has 0 aliphatic carbocycles. The van der Waals surface area contributed by atoms with E-state index in [4.69, 9.17) is 37.4 Å². The molecule has 0 N–H and O–H groups in total. The van der Waals surface area contributed by atoms with E-state index in [1.807, 2.05) is 27.7 Å². The van der Waals surface area contributed by atoms with Crippen molar-refractivity contribution in [3.8, 4) is 17.2 Å². The molecule has 2 rings (SSSR count). The molecule has 0 fully saturated rings. The second-order valence-electron chi connectivity index (χ2n) is 5.41. The number of hydrogen-bond donors (Lipinski definition) is 0. The van der Waals surface area contributed by atoms with Gasteiger partial charge in [0.1, 0.15) is 11.4 Å². The van der Waals surface area contributed by atoms with Crippen molar-refractivity contribution < 1.29 is 14.2 Å². The average molecular weight is 317 g/mol. The molecule has 0 radical (unpaired) electrons. The zero-order chi connectivity index (χ0) is 15.1. The van der Waals surface area contributed by atoms with Gasteiger partial charge in [-0.2, -0.15) is 0 Å². The largest absolute Gasteiger partial charge is 0.493 e. The van der Waals surface area contributed by atoms with E-state index >= 15 is 0 Å². The molecule has 1 aliphatic heterocycles. The van der Waals surface area contributed by atoms with Crippen molar-refractivity contribution in [3.05, 3.63) is 22.7 Å². The van der Waals surface area contributed by atoms with Crippen LogP contribution in [0.3, 0.4) is 0 Å². The van der Waals surface area contributed by atoms with Crippen LogP contribution in [0.5, 0.6) is 17.2 Å². The van der Waals surface area contributed by atoms with Crippen molar-refractivity contribution in [1.29, 1.82) is 0 Å². The van der Waals surface area contributed by atoms with Gasteiger partial charge in [-0.1, -0.05) is 23.2 Å². The first-order valence-corrected chi connectivity index (χ1v) is 7.15. The Labute approximate surface area is 129 Å². The Bertz CT molecular complexity index is 562. The molecule has 0 saturated heterocycles. The molecule has 0 amide bonds. The third kappa shape index (κ3) is 2.70. The van der Waals surface area contributed by atoms with Crippen molar-refractivity contribution in [3.63, 3.8) is 0 Å². The van der Waals surface area contributed by atoms with E-state index in [0.717, 1.165) is 0 Å². The summed E-state index contributed by atoms with van der Waals surface area (Å²) in [5.41, 5.74) is 0.0546. The van der Waals surface area contributed by atoms with Crippen molar-refractivity contribution in [2.45, 2.75) is 39.4 Å². The molecule has 0 saturated carbocycles. The smallest absolute Gasteiger partial charge is 0.165 e. The zero-order valence-corrected chi connectivity index (χ0v) is 13.7. The number of benzene rings is 1. The van der Waals surface area contributed by atoms with Crippen LogP contribution < -0.4 is 14.2 Å². The van der Waals surface area contributed by atoms with Crippen molar-refractivity contribution in [1.82, 2.24) is 0 Å². The Hall–Kier alpha value is -1.06. The first-order valence-electron chi connectivity index (χ1n) is 6.40. The third-order valence-electron chi connectivity index (χ3n) is 2.95. The molecule has 3 nitrogen and oxygen atoms in total. The van der Waals surface area contributed by atoms with Crippen LogP contribution in [-0.2, 0) is 0 Å². The Morgan fingerprint density at radius 3 is 2.35 bits per heavy atom. The quantitative estimate of drug-likeness (QED) is 0.801. The first-order chi connectivity index (χ1) is 9.26. The summed E-state index contributed by atoms with van der Waals surface area (Å²) in [6.07, 6.45) is 0.0353. The summed E-state index contributed by atoms with van der Waals surface area (Å²) in [5, 5.41) is 0.957. The second-order valence-corrected chi connectivity index (χ2v) is 6.16. The van der Waals surface area contributed by atoms with E-state index < -0.39 is 5.60 Å². The fraction of sp³-hybridized carbons (Fsp3) is 0.467. The molecule has 1 heterocycles. The molecule has 110 valence electrons. The number of methoxy groups -OCH3 is 1. The van der Waals surface area contributed by atoms with Gasteiger partial charge in [0.2, 0.25) is 0 Å². The highest BCUT2D eigenvalue weighted by molar-refractivity contribution is 6.55. The van der Waals surface area contributed by atoms with Crippen LogP contribution in [-0.4, -0.2) is 18.8 Å². The maximum absolute atomic E-state index is 6.34. The predicted molar refractivity (Wildman–Crippen MR) is 82.1 cm³/mol. The molecular formula is C15H18Cl2O3. The number of ether oxygens (including phenoxy) is 3. The van der Waals surface area contributed by atoms with Gasteiger partial charge in [-0.05, 0) is 33.8 Å². The molecule has 0 bridgehead atoms. The Morgan fingerprint density at radius 1 is 1.15 bits per heavy atom. The summed E-state index contributed by atoms with van der Waals surface area (Å²) in [4.78, 5) is 0. The standard InChI is InChI=1S/C15H18Cl2O3/c1-8(2)19-12-7-10-9(6-11(12)18-5)13(16)14(17)15(3,4)20-10/h6-8H,1-5H3. The lowest BCUT2D eigenvalue weighted by Gasteiger charge is -2.33. The second kappa shape index (κ2) is 5.38. The van der Waals surface area contributed by atoms with Gasteiger partial charge in [-0.3, -0.25) is 0 Å². The van der Waals surface area contributed by atoms with Crippen LogP contribution in [0.25, 0.3) is 5.03 Å². The van der Waals surface area contributed by atoms with Crippen LogP contribution in [0.2, 0.25) is 0 Å². The highest BCUT2D eigenvalue weighted by Crippen LogP contribution is 2.48. The van der Waals surface area contributed by atoms with E-state index in [-0.39, 0.29) is 6.10 Å².